The minimum absolute atomic E-state index is 0. The smallest absolute Gasteiger partial charge is 0.0410 e. The zero-order chi connectivity index (χ0) is 9.52. The van der Waals surface area contributed by atoms with Crippen LogP contribution >= 0.6 is 23.9 Å². The van der Waals surface area contributed by atoms with Crippen molar-refractivity contribution in [3.63, 3.8) is 0 Å². The van der Waals surface area contributed by atoms with Gasteiger partial charge in [0.15, 0.2) is 0 Å². The largest absolute Gasteiger partial charge is 0.312 e. The first-order valence-corrected chi connectivity index (χ1v) is 5.66. The molecule has 0 aromatic carbocycles. The molecular weight excluding hydrogens is 216 g/mol. The molecule has 1 heterocycles. The lowest BCUT2D eigenvalue weighted by atomic mass is 10.1. The molecule has 0 aliphatic carbocycles. The summed E-state index contributed by atoms with van der Waals surface area (Å²) in [5.74, 6) is 0.824. The third-order valence-electron chi connectivity index (χ3n) is 1.93. The van der Waals surface area contributed by atoms with Crippen molar-refractivity contribution in [1.29, 1.82) is 0 Å². The molecule has 0 atom stereocenters. The average Bonchev–Trinajstić information content (AvgIpc) is 2.55. The van der Waals surface area contributed by atoms with E-state index in [2.05, 4.69) is 29.6 Å². The SMILES string of the molecule is CC(C)CCCNCc1ccns1.Cl. The molecule has 0 aliphatic rings. The molecule has 1 rings (SSSR count). The van der Waals surface area contributed by atoms with Crippen molar-refractivity contribution in [3.8, 4) is 0 Å². The molecule has 0 fully saturated rings. The van der Waals surface area contributed by atoms with Gasteiger partial charge in [-0.05, 0) is 42.9 Å². The number of halogens is 1. The van der Waals surface area contributed by atoms with E-state index >= 15 is 0 Å². The number of hydrogen-bond acceptors (Lipinski definition) is 3. The molecule has 0 saturated heterocycles. The molecule has 0 unspecified atom stereocenters. The summed E-state index contributed by atoms with van der Waals surface area (Å²) in [6.07, 6.45) is 4.45. The van der Waals surface area contributed by atoms with E-state index in [1.165, 1.54) is 17.7 Å². The van der Waals surface area contributed by atoms with E-state index in [9.17, 15) is 0 Å². The van der Waals surface area contributed by atoms with Crippen molar-refractivity contribution in [2.75, 3.05) is 6.54 Å². The highest BCUT2D eigenvalue weighted by Gasteiger charge is 1.95. The van der Waals surface area contributed by atoms with Gasteiger partial charge in [-0.15, -0.1) is 12.4 Å². The molecule has 0 amide bonds. The van der Waals surface area contributed by atoms with Crippen molar-refractivity contribution >= 4 is 23.9 Å². The van der Waals surface area contributed by atoms with Gasteiger partial charge in [-0.1, -0.05) is 13.8 Å². The third-order valence-corrected chi connectivity index (χ3v) is 2.67. The van der Waals surface area contributed by atoms with Crippen molar-refractivity contribution in [2.45, 2.75) is 33.2 Å². The Morgan fingerprint density at radius 3 is 2.86 bits per heavy atom. The summed E-state index contributed by atoms with van der Waals surface area (Å²) in [4.78, 5) is 1.32. The van der Waals surface area contributed by atoms with Gasteiger partial charge < -0.3 is 5.32 Å². The van der Waals surface area contributed by atoms with Crippen LogP contribution < -0.4 is 5.32 Å². The number of nitrogens with one attached hydrogen (secondary N) is 1. The molecule has 82 valence electrons. The molecule has 4 heteroatoms. The average molecular weight is 235 g/mol. The van der Waals surface area contributed by atoms with Crippen LogP contribution in [0.4, 0.5) is 0 Å². The van der Waals surface area contributed by atoms with Crippen LogP contribution in [0.1, 0.15) is 31.6 Å². The van der Waals surface area contributed by atoms with Crippen LogP contribution in [0.2, 0.25) is 0 Å². The lowest BCUT2D eigenvalue weighted by Gasteiger charge is -2.04. The van der Waals surface area contributed by atoms with Gasteiger partial charge in [0.2, 0.25) is 0 Å². The standard InChI is InChI=1S/C10H18N2S.ClH/c1-9(2)4-3-6-11-8-10-5-7-12-13-10;/h5,7,9,11H,3-4,6,8H2,1-2H3;1H. The molecule has 0 saturated carbocycles. The summed E-state index contributed by atoms with van der Waals surface area (Å²) in [7, 11) is 0. The quantitative estimate of drug-likeness (QED) is 0.766. The van der Waals surface area contributed by atoms with E-state index in [0.29, 0.717) is 0 Å². The number of rotatable bonds is 6. The summed E-state index contributed by atoms with van der Waals surface area (Å²) in [5.41, 5.74) is 0. The predicted molar refractivity (Wildman–Crippen MR) is 65.1 cm³/mol. The fraction of sp³-hybridized carbons (Fsp3) is 0.700. The van der Waals surface area contributed by atoms with Crippen LogP contribution in [0.3, 0.4) is 0 Å². The van der Waals surface area contributed by atoms with E-state index in [1.807, 2.05) is 6.20 Å². The van der Waals surface area contributed by atoms with Gasteiger partial charge in [0.05, 0.1) is 0 Å². The topological polar surface area (TPSA) is 24.9 Å². The monoisotopic (exact) mass is 234 g/mol. The van der Waals surface area contributed by atoms with E-state index in [4.69, 9.17) is 0 Å². The van der Waals surface area contributed by atoms with Crippen LogP contribution in [-0.2, 0) is 6.54 Å². The predicted octanol–water partition coefficient (Wildman–Crippen LogP) is 3.09. The number of nitrogens with zero attached hydrogens (tertiary/aromatic N) is 1. The Balaban J connectivity index is 0.00000169. The van der Waals surface area contributed by atoms with Crippen molar-refractivity contribution in [3.05, 3.63) is 17.1 Å². The van der Waals surface area contributed by atoms with Crippen LogP contribution in [0.15, 0.2) is 12.3 Å². The molecule has 1 N–H and O–H groups in total. The second-order valence-corrected chi connectivity index (χ2v) is 4.61. The third kappa shape index (κ3) is 6.35. The Hall–Kier alpha value is -0.120. The van der Waals surface area contributed by atoms with Crippen molar-refractivity contribution < 1.29 is 0 Å². The van der Waals surface area contributed by atoms with Crippen LogP contribution in [-0.4, -0.2) is 10.9 Å². The van der Waals surface area contributed by atoms with Gasteiger partial charge in [0.25, 0.3) is 0 Å². The zero-order valence-corrected chi connectivity index (χ0v) is 10.5. The molecule has 14 heavy (non-hydrogen) atoms. The summed E-state index contributed by atoms with van der Waals surface area (Å²) in [6.45, 7) is 6.63. The summed E-state index contributed by atoms with van der Waals surface area (Å²) >= 11 is 1.57. The number of aromatic nitrogens is 1. The van der Waals surface area contributed by atoms with Crippen LogP contribution in [0.5, 0.6) is 0 Å². The van der Waals surface area contributed by atoms with Crippen molar-refractivity contribution in [1.82, 2.24) is 9.69 Å². The Morgan fingerprint density at radius 1 is 1.50 bits per heavy atom. The first-order valence-electron chi connectivity index (χ1n) is 4.89. The normalized spacial score (nSPS) is 10.2. The first kappa shape index (κ1) is 13.9. The second kappa shape index (κ2) is 8.21. The Bertz CT molecular complexity index is 212. The lowest BCUT2D eigenvalue weighted by molar-refractivity contribution is 0.528. The molecule has 0 bridgehead atoms. The Morgan fingerprint density at radius 2 is 2.29 bits per heavy atom. The van der Waals surface area contributed by atoms with E-state index in [1.54, 1.807) is 11.5 Å². The highest BCUT2D eigenvalue weighted by Crippen LogP contribution is 2.04. The highest BCUT2D eigenvalue weighted by molar-refractivity contribution is 7.05. The van der Waals surface area contributed by atoms with Gasteiger partial charge in [-0.2, -0.15) is 0 Å². The van der Waals surface area contributed by atoms with Gasteiger partial charge >= 0.3 is 0 Å². The second-order valence-electron chi connectivity index (χ2n) is 3.69. The van der Waals surface area contributed by atoms with Gasteiger partial charge in [-0.25, -0.2) is 4.37 Å². The first-order chi connectivity index (χ1) is 6.29. The molecule has 1 aromatic rings. The van der Waals surface area contributed by atoms with Crippen LogP contribution in [0.25, 0.3) is 0 Å². The van der Waals surface area contributed by atoms with Gasteiger partial charge in [0, 0.05) is 17.6 Å². The summed E-state index contributed by atoms with van der Waals surface area (Å²) < 4.78 is 4.05. The summed E-state index contributed by atoms with van der Waals surface area (Å²) in [5, 5.41) is 3.41. The van der Waals surface area contributed by atoms with E-state index in [0.717, 1.165) is 19.0 Å². The lowest BCUT2D eigenvalue weighted by Crippen LogP contribution is -2.14. The summed E-state index contributed by atoms with van der Waals surface area (Å²) in [6, 6.07) is 2.07. The maximum absolute atomic E-state index is 4.05. The Kier molecular flexibility index (Phi) is 8.14. The fourth-order valence-corrected chi connectivity index (χ4v) is 1.73. The Labute approximate surface area is 96.7 Å². The zero-order valence-electron chi connectivity index (χ0n) is 8.82. The molecule has 0 radical (unpaired) electrons. The maximum atomic E-state index is 4.05. The minimum atomic E-state index is 0. The molecule has 0 spiro atoms. The van der Waals surface area contributed by atoms with E-state index in [-0.39, 0.29) is 12.4 Å². The van der Waals surface area contributed by atoms with Gasteiger partial charge in [0.1, 0.15) is 0 Å². The maximum Gasteiger partial charge on any atom is 0.0410 e. The number of hydrogen-bond donors (Lipinski definition) is 1. The van der Waals surface area contributed by atoms with E-state index < -0.39 is 0 Å². The molecule has 0 aliphatic heterocycles. The minimum Gasteiger partial charge on any atom is -0.312 e. The molecule has 1 aromatic heterocycles. The molecular formula is C10H19ClN2S. The highest BCUT2D eigenvalue weighted by atomic mass is 35.5. The molecule has 2 nitrogen and oxygen atoms in total. The van der Waals surface area contributed by atoms with Gasteiger partial charge in [-0.3, -0.25) is 0 Å². The van der Waals surface area contributed by atoms with Crippen molar-refractivity contribution in [2.24, 2.45) is 5.92 Å². The fourth-order valence-electron chi connectivity index (χ4n) is 1.18. The van der Waals surface area contributed by atoms with Crippen LogP contribution in [0, 0.1) is 5.92 Å².